The van der Waals surface area contributed by atoms with Crippen LogP contribution in [0.15, 0.2) is 71.6 Å². The summed E-state index contributed by atoms with van der Waals surface area (Å²) >= 11 is 0. The van der Waals surface area contributed by atoms with Gasteiger partial charge in [-0.15, -0.1) is 0 Å². The molecule has 0 fully saturated rings. The van der Waals surface area contributed by atoms with E-state index in [1.165, 1.54) is 42.5 Å². The van der Waals surface area contributed by atoms with E-state index >= 15 is 0 Å². The largest absolute Gasteiger partial charge is 0.489 e. The first-order chi connectivity index (χ1) is 14.3. The van der Waals surface area contributed by atoms with Crippen molar-refractivity contribution in [3.63, 3.8) is 0 Å². The van der Waals surface area contributed by atoms with Crippen LogP contribution in [0.4, 0.5) is 20.2 Å². The molecular formula is C21H16F2N2O4S. The third-order valence-electron chi connectivity index (χ3n) is 4.55. The molecule has 9 heteroatoms. The zero-order valence-corrected chi connectivity index (χ0v) is 16.3. The molecule has 0 unspecified atom stereocenters. The fraction of sp³-hybridized carbons (Fsp3) is 0.0952. The highest BCUT2D eigenvalue weighted by Crippen LogP contribution is 2.37. The van der Waals surface area contributed by atoms with Gasteiger partial charge in [0.1, 0.15) is 24.0 Å². The van der Waals surface area contributed by atoms with E-state index in [1.54, 1.807) is 12.1 Å². The lowest BCUT2D eigenvalue weighted by molar-refractivity contribution is 0.102. The molecular weight excluding hydrogens is 414 g/mol. The molecule has 30 heavy (non-hydrogen) atoms. The molecule has 0 saturated carbocycles. The number of carbonyl (C=O) groups excluding carboxylic acids is 1. The average Bonchev–Trinajstić information content (AvgIpc) is 2.74. The highest BCUT2D eigenvalue weighted by molar-refractivity contribution is 7.92. The van der Waals surface area contributed by atoms with E-state index in [2.05, 4.69) is 5.32 Å². The maximum Gasteiger partial charge on any atom is 0.264 e. The fourth-order valence-corrected chi connectivity index (χ4v) is 4.51. The normalized spacial score (nSPS) is 13.3. The number of amides is 1. The quantitative estimate of drug-likeness (QED) is 0.683. The molecule has 3 aromatic carbocycles. The molecule has 1 N–H and O–H groups in total. The molecule has 0 aliphatic carbocycles. The summed E-state index contributed by atoms with van der Waals surface area (Å²) in [6.45, 7) is 0.205. The van der Waals surface area contributed by atoms with Crippen LogP contribution in [0, 0.1) is 11.6 Å². The summed E-state index contributed by atoms with van der Waals surface area (Å²) in [7, 11) is -3.96. The van der Waals surface area contributed by atoms with Crippen molar-refractivity contribution in [2.45, 2.75) is 4.90 Å². The lowest BCUT2D eigenvalue weighted by atomic mass is 10.2. The summed E-state index contributed by atoms with van der Waals surface area (Å²) in [5, 5.41) is 2.66. The second-order valence-electron chi connectivity index (χ2n) is 6.52. The van der Waals surface area contributed by atoms with Crippen molar-refractivity contribution in [1.82, 2.24) is 0 Å². The fourth-order valence-electron chi connectivity index (χ4n) is 3.06. The van der Waals surface area contributed by atoms with Crippen LogP contribution in [0.2, 0.25) is 0 Å². The predicted molar refractivity (Wildman–Crippen MR) is 107 cm³/mol. The summed E-state index contributed by atoms with van der Waals surface area (Å²) in [6, 6.07) is 14.2. The lowest BCUT2D eigenvalue weighted by Crippen LogP contribution is -2.38. The Bertz CT molecular complexity index is 1200. The molecule has 0 atom stereocenters. The Hall–Kier alpha value is -3.46. The monoisotopic (exact) mass is 430 g/mol. The number of anilines is 2. The molecule has 0 bridgehead atoms. The molecule has 0 spiro atoms. The topological polar surface area (TPSA) is 75.7 Å². The molecule has 1 aliphatic rings. The van der Waals surface area contributed by atoms with Gasteiger partial charge < -0.3 is 10.1 Å². The predicted octanol–water partition coefficient (Wildman–Crippen LogP) is 3.80. The molecule has 0 radical (unpaired) electrons. The number of benzene rings is 3. The number of carbonyl (C=O) groups is 1. The molecule has 0 saturated heterocycles. The summed E-state index contributed by atoms with van der Waals surface area (Å²) in [5.41, 5.74) is 0.844. The summed E-state index contributed by atoms with van der Waals surface area (Å²) in [6.07, 6.45) is 0. The van der Waals surface area contributed by atoms with Crippen LogP contribution < -0.4 is 14.4 Å². The van der Waals surface area contributed by atoms with Gasteiger partial charge in [0.05, 0.1) is 17.1 Å². The molecule has 1 amide bonds. The lowest BCUT2D eigenvalue weighted by Gasteiger charge is -2.30. The van der Waals surface area contributed by atoms with Crippen LogP contribution in [0.25, 0.3) is 0 Å². The van der Waals surface area contributed by atoms with Crippen LogP contribution >= 0.6 is 0 Å². The summed E-state index contributed by atoms with van der Waals surface area (Å²) < 4.78 is 59.1. The number of rotatable bonds is 4. The van der Waals surface area contributed by atoms with E-state index < -0.39 is 27.6 Å². The van der Waals surface area contributed by atoms with Crippen molar-refractivity contribution >= 4 is 27.3 Å². The number of hydrogen-bond donors (Lipinski definition) is 1. The number of sulfonamides is 1. The van der Waals surface area contributed by atoms with Crippen LogP contribution in [0.5, 0.6) is 5.75 Å². The maximum absolute atomic E-state index is 13.2. The van der Waals surface area contributed by atoms with Gasteiger partial charge in [-0.1, -0.05) is 0 Å². The smallest absolute Gasteiger partial charge is 0.264 e. The van der Waals surface area contributed by atoms with Crippen molar-refractivity contribution in [3.05, 3.63) is 83.9 Å². The van der Waals surface area contributed by atoms with Gasteiger partial charge in [-0.05, 0) is 66.7 Å². The number of halogens is 2. The Balaban J connectivity index is 1.65. The van der Waals surface area contributed by atoms with E-state index in [0.717, 1.165) is 16.4 Å². The van der Waals surface area contributed by atoms with E-state index in [-0.39, 0.29) is 29.3 Å². The van der Waals surface area contributed by atoms with Gasteiger partial charge in [0.25, 0.3) is 15.9 Å². The first kappa shape index (κ1) is 19.8. The first-order valence-electron chi connectivity index (χ1n) is 8.97. The minimum absolute atomic E-state index is 0.0576. The minimum Gasteiger partial charge on any atom is -0.489 e. The third-order valence-corrected chi connectivity index (χ3v) is 6.37. The van der Waals surface area contributed by atoms with Gasteiger partial charge in [-0.3, -0.25) is 9.10 Å². The number of fused-ring (bicyclic) bond motifs is 1. The molecule has 1 heterocycles. The van der Waals surface area contributed by atoms with Crippen LogP contribution in [-0.2, 0) is 10.0 Å². The Morgan fingerprint density at radius 3 is 2.23 bits per heavy atom. The molecule has 1 aliphatic heterocycles. The van der Waals surface area contributed by atoms with Crippen LogP contribution in [-0.4, -0.2) is 27.5 Å². The zero-order valence-electron chi connectivity index (χ0n) is 15.5. The van der Waals surface area contributed by atoms with Crippen molar-refractivity contribution in [1.29, 1.82) is 0 Å². The maximum atomic E-state index is 13.2. The highest BCUT2D eigenvalue weighted by Gasteiger charge is 2.30. The molecule has 154 valence electrons. The van der Waals surface area contributed by atoms with E-state index in [1.807, 2.05) is 0 Å². The Morgan fingerprint density at radius 2 is 1.57 bits per heavy atom. The average molecular weight is 430 g/mol. The summed E-state index contributed by atoms with van der Waals surface area (Å²) in [4.78, 5) is 12.3. The second kappa shape index (κ2) is 7.75. The van der Waals surface area contributed by atoms with Crippen molar-refractivity contribution < 1.29 is 26.7 Å². The standard InChI is InChI=1S/C21H16F2N2O4S/c22-15-3-1-14(2-4-15)21(26)24-17-7-10-20-19(13-17)25(11-12-29-20)30(27,28)18-8-5-16(23)6-9-18/h1-10,13H,11-12H2,(H,24,26). The van der Waals surface area contributed by atoms with Crippen LogP contribution in [0.3, 0.4) is 0 Å². The Labute approximate surface area is 171 Å². The van der Waals surface area contributed by atoms with Crippen molar-refractivity contribution in [3.8, 4) is 5.75 Å². The molecule has 0 aromatic heterocycles. The number of ether oxygens (including phenoxy) is 1. The van der Waals surface area contributed by atoms with E-state index in [9.17, 15) is 22.0 Å². The van der Waals surface area contributed by atoms with Gasteiger partial charge in [0.2, 0.25) is 0 Å². The first-order valence-corrected chi connectivity index (χ1v) is 10.4. The summed E-state index contributed by atoms with van der Waals surface area (Å²) in [5.74, 6) is -1.13. The van der Waals surface area contributed by atoms with Crippen molar-refractivity contribution in [2.75, 3.05) is 22.8 Å². The third kappa shape index (κ3) is 3.84. The Kier molecular flexibility index (Phi) is 5.13. The minimum atomic E-state index is -3.96. The van der Waals surface area contributed by atoms with Crippen molar-refractivity contribution in [2.24, 2.45) is 0 Å². The Morgan fingerprint density at radius 1 is 0.933 bits per heavy atom. The highest BCUT2D eigenvalue weighted by atomic mass is 32.2. The number of nitrogens with one attached hydrogen (secondary N) is 1. The number of hydrogen-bond acceptors (Lipinski definition) is 4. The molecule has 4 rings (SSSR count). The molecule has 6 nitrogen and oxygen atoms in total. The van der Waals surface area contributed by atoms with Gasteiger partial charge >= 0.3 is 0 Å². The van der Waals surface area contributed by atoms with E-state index in [0.29, 0.717) is 11.4 Å². The van der Waals surface area contributed by atoms with Gasteiger partial charge in [-0.25, -0.2) is 17.2 Å². The van der Waals surface area contributed by atoms with Gasteiger partial charge in [0, 0.05) is 11.3 Å². The van der Waals surface area contributed by atoms with Gasteiger partial charge in [0.15, 0.2) is 0 Å². The number of nitrogens with zero attached hydrogens (tertiary/aromatic N) is 1. The van der Waals surface area contributed by atoms with Crippen LogP contribution in [0.1, 0.15) is 10.4 Å². The molecule has 3 aromatic rings. The zero-order chi connectivity index (χ0) is 21.3. The SMILES string of the molecule is O=C(Nc1ccc2c(c1)N(S(=O)(=O)c1ccc(F)cc1)CCO2)c1ccc(F)cc1. The van der Waals surface area contributed by atoms with E-state index in [4.69, 9.17) is 4.74 Å². The van der Waals surface area contributed by atoms with Gasteiger partial charge in [-0.2, -0.15) is 0 Å². The second-order valence-corrected chi connectivity index (χ2v) is 8.39.